The van der Waals surface area contributed by atoms with Crippen molar-refractivity contribution >= 4 is 21.7 Å². The Kier molecular flexibility index (Phi) is 5.15. The smallest absolute Gasteiger partial charge is 0.326 e. The molecule has 0 spiro atoms. The summed E-state index contributed by atoms with van der Waals surface area (Å²) < 4.78 is 35.3. The fourth-order valence-corrected chi connectivity index (χ4v) is 6.89. The number of rotatable bonds is 7. The van der Waals surface area contributed by atoms with Crippen molar-refractivity contribution in [3.05, 3.63) is 54.1 Å². The molecule has 0 amide bonds. The van der Waals surface area contributed by atoms with E-state index in [1.54, 1.807) is 30.3 Å². The minimum Gasteiger partial charge on any atom is -0.493 e. The summed E-state index contributed by atoms with van der Waals surface area (Å²) in [6.07, 6.45) is 3.07. The predicted molar refractivity (Wildman–Crippen MR) is 119 cm³/mol. The van der Waals surface area contributed by atoms with E-state index in [2.05, 4.69) is 22.1 Å². The second-order valence-electron chi connectivity index (χ2n) is 8.72. The molecule has 3 unspecified atom stereocenters. The Morgan fingerprint density at radius 1 is 1.22 bits per heavy atom. The number of nitrogens with zero attached hydrogens (tertiary/aromatic N) is 1. The van der Waals surface area contributed by atoms with Crippen LogP contribution in [0.3, 0.4) is 0 Å². The van der Waals surface area contributed by atoms with E-state index in [0.29, 0.717) is 17.5 Å². The van der Waals surface area contributed by atoms with Crippen LogP contribution in [0.2, 0.25) is 0 Å². The van der Waals surface area contributed by atoms with E-state index in [4.69, 9.17) is 4.74 Å². The van der Waals surface area contributed by atoms with Crippen LogP contribution < -0.4 is 14.9 Å². The molecule has 0 aromatic heterocycles. The lowest BCUT2D eigenvalue weighted by atomic mass is 10.0. The highest BCUT2D eigenvalue weighted by atomic mass is 32.2. The van der Waals surface area contributed by atoms with Crippen molar-refractivity contribution in [2.24, 2.45) is 5.92 Å². The summed E-state index contributed by atoms with van der Waals surface area (Å²) in [7, 11) is -4.13. The number of hydrogen-bond donors (Lipinski definition) is 3. The fourth-order valence-electron chi connectivity index (χ4n) is 5.30. The number of benzene rings is 2. The number of hydrazine groups is 1. The number of carbonyl (C=O) groups is 1. The van der Waals surface area contributed by atoms with Crippen LogP contribution in [-0.4, -0.2) is 49.2 Å². The molecule has 9 heteroatoms. The molecule has 0 radical (unpaired) electrons. The zero-order chi connectivity index (χ0) is 22.5. The van der Waals surface area contributed by atoms with Gasteiger partial charge in [-0.25, -0.2) is 13.4 Å². The molecule has 1 saturated carbocycles. The average molecular weight is 458 g/mol. The summed E-state index contributed by atoms with van der Waals surface area (Å²) in [5.41, 5.74) is 2.82. The van der Waals surface area contributed by atoms with Crippen molar-refractivity contribution in [3.63, 3.8) is 0 Å². The number of hydrogen-bond acceptors (Lipinski definition) is 6. The van der Waals surface area contributed by atoms with Crippen molar-refractivity contribution in [1.82, 2.24) is 9.73 Å². The van der Waals surface area contributed by atoms with E-state index in [1.807, 2.05) is 12.1 Å². The van der Waals surface area contributed by atoms with Gasteiger partial charge in [0.05, 0.1) is 12.3 Å². The summed E-state index contributed by atoms with van der Waals surface area (Å²) in [4.78, 5) is 12.4. The van der Waals surface area contributed by atoms with Gasteiger partial charge in [-0.2, -0.15) is 4.72 Å². The molecule has 3 aliphatic rings. The molecular weight excluding hydrogens is 430 g/mol. The number of sulfonamides is 1. The van der Waals surface area contributed by atoms with Crippen LogP contribution in [-0.2, 0) is 14.8 Å². The first-order valence-corrected chi connectivity index (χ1v) is 12.5. The highest BCUT2D eigenvalue weighted by Gasteiger charge is 2.74. The van der Waals surface area contributed by atoms with Gasteiger partial charge in [0.1, 0.15) is 16.2 Å². The number of nitrogens with one attached hydrogen (secondary N) is 2. The first kappa shape index (κ1) is 21.2. The molecule has 2 aromatic carbocycles. The van der Waals surface area contributed by atoms with Crippen LogP contribution >= 0.6 is 0 Å². The van der Waals surface area contributed by atoms with Crippen LogP contribution in [0.5, 0.6) is 5.75 Å². The van der Waals surface area contributed by atoms with Gasteiger partial charge >= 0.3 is 5.97 Å². The molecule has 2 fully saturated rings. The molecule has 0 bridgehead atoms. The molecule has 32 heavy (non-hydrogen) atoms. The summed E-state index contributed by atoms with van der Waals surface area (Å²) in [6, 6.07) is 14.2. The minimum absolute atomic E-state index is 0.0419. The van der Waals surface area contributed by atoms with E-state index in [1.165, 1.54) is 6.07 Å². The lowest BCUT2D eigenvalue weighted by molar-refractivity contribution is -0.140. The van der Waals surface area contributed by atoms with E-state index < -0.39 is 33.4 Å². The summed E-state index contributed by atoms with van der Waals surface area (Å²) >= 11 is 0. The molecule has 3 N–H and O–H groups in total. The monoisotopic (exact) mass is 457 g/mol. The van der Waals surface area contributed by atoms with E-state index in [9.17, 15) is 18.3 Å². The molecule has 4 atom stereocenters. The average Bonchev–Trinajstić information content (AvgIpc) is 3.22. The molecule has 5 rings (SSSR count). The number of fused-ring (bicyclic) bond motifs is 3. The second kappa shape index (κ2) is 7.75. The number of carboxylic acid groups (broad SMARTS) is 1. The Morgan fingerprint density at radius 2 is 1.97 bits per heavy atom. The summed E-state index contributed by atoms with van der Waals surface area (Å²) in [5.74, 6) is -1.51. The van der Waals surface area contributed by atoms with Gasteiger partial charge in [-0.3, -0.25) is 4.79 Å². The highest BCUT2D eigenvalue weighted by molar-refractivity contribution is 7.89. The van der Waals surface area contributed by atoms with Gasteiger partial charge in [0.25, 0.3) is 0 Å². The van der Waals surface area contributed by atoms with Gasteiger partial charge in [0.15, 0.2) is 0 Å². The van der Waals surface area contributed by atoms with Crippen LogP contribution in [0.25, 0.3) is 0 Å². The maximum absolute atomic E-state index is 13.5. The van der Waals surface area contributed by atoms with Crippen LogP contribution in [0.15, 0.2) is 53.4 Å². The van der Waals surface area contributed by atoms with Gasteiger partial charge < -0.3 is 15.3 Å². The Balaban J connectivity index is 1.47. The van der Waals surface area contributed by atoms with Crippen LogP contribution in [0, 0.1) is 5.92 Å². The third-order valence-corrected chi connectivity index (χ3v) is 8.53. The fraction of sp³-hybridized carbons (Fsp3) is 0.435. The molecule has 1 saturated heterocycles. The maximum Gasteiger partial charge on any atom is 0.326 e. The first-order valence-electron chi connectivity index (χ1n) is 11.0. The molecule has 2 heterocycles. The van der Waals surface area contributed by atoms with Crippen molar-refractivity contribution in [2.75, 3.05) is 18.6 Å². The standard InChI is InChI=1S/C23H27N3O5S/c1-2-15-8-7-13-26(15)24-18-10-4-6-12-20(18)32(29,30)25-23(22(27)28)17-14-31-19-11-5-3-9-16(19)21(17)23/h3-6,9-12,15,17,21,24-25H,2,7-8,13-14H2,1H3,(H,27,28)/t15-,17?,21?,23?/m0/s1. The lowest BCUT2D eigenvalue weighted by Crippen LogP contribution is -2.46. The largest absolute Gasteiger partial charge is 0.493 e. The first-order chi connectivity index (χ1) is 15.4. The van der Waals surface area contributed by atoms with Gasteiger partial charge in [0.2, 0.25) is 10.0 Å². The molecule has 170 valence electrons. The summed E-state index contributed by atoms with van der Waals surface area (Å²) in [6.45, 7) is 3.10. The van der Waals surface area contributed by atoms with Gasteiger partial charge in [-0.1, -0.05) is 37.3 Å². The molecule has 8 nitrogen and oxygen atoms in total. The van der Waals surface area contributed by atoms with Crippen molar-refractivity contribution in [3.8, 4) is 5.75 Å². The van der Waals surface area contributed by atoms with Crippen molar-refractivity contribution < 1.29 is 23.1 Å². The lowest BCUT2D eigenvalue weighted by Gasteiger charge is -2.26. The van der Waals surface area contributed by atoms with Gasteiger partial charge in [-0.15, -0.1) is 0 Å². The molecular formula is C23H27N3O5S. The Morgan fingerprint density at radius 3 is 2.75 bits per heavy atom. The number of para-hydroxylation sites is 2. The number of aliphatic carboxylic acids is 1. The maximum atomic E-state index is 13.5. The Bertz CT molecular complexity index is 1150. The predicted octanol–water partition coefficient (Wildman–Crippen LogP) is 2.80. The SMILES string of the molecule is CC[C@H]1CCCN1Nc1ccccc1S(=O)(=O)NC1(C(=O)O)C2COc3ccccc3C21. The van der Waals surface area contributed by atoms with Crippen LogP contribution in [0.1, 0.15) is 37.7 Å². The minimum atomic E-state index is -4.13. The number of anilines is 1. The number of ether oxygens (including phenoxy) is 1. The number of carboxylic acids is 1. The third kappa shape index (κ3) is 3.27. The Labute approximate surface area is 187 Å². The van der Waals surface area contributed by atoms with E-state index in [-0.39, 0.29) is 11.5 Å². The van der Waals surface area contributed by atoms with Crippen molar-refractivity contribution in [2.45, 2.75) is 48.6 Å². The topological polar surface area (TPSA) is 108 Å². The quantitative estimate of drug-likeness (QED) is 0.587. The second-order valence-corrected chi connectivity index (χ2v) is 10.4. The molecule has 2 aromatic rings. The molecule has 2 aliphatic heterocycles. The van der Waals surface area contributed by atoms with Crippen molar-refractivity contribution in [1.29, 1.82) is 0 Å². The van der Waals surface area contributed by atoms with E-state index in [0.717, 1.165) is 31.4 Å². The Hall–Kier alpha value is -2.62. The van der Waals surface area contributed by atoms with Crippen LogP contribution in [0.4, 0.5) is 5.69 Å². The summed E-state index contributed by atoms with van der Waals surface area (Å²) in [5, 5.41) is 12.2. The normalized spacial score (nSPS) is 29.0. The zero-order valence-corrected chi connectivity index (χ0v) is 18.6. The third-order valence-electron chi connectivity index (χ3n) is 6.99. The molecule has 1 aliphatic carbocycles. The zero-order valence-electron chi connectivity index (χ0n) is 17.8. The highest BCUT2D eigenvalue weighted by Crippen LogP contribution is 2.62. The van der Waals surface area contributed by atoms with E-state index >= 15 is 0 Å². The van der Waals surface area contributed by atoms with Gasteiger partial charge in [0, 0.05) is 30.0 Å². The van der Waals surface area contributed by atoms with Gasteiger partial charge in [-0.05, 0) is 37.5 Å².